The zero-order chi connectivity index (χ0) is 17.9. The molecule has 0 unspecified atom stereocenters. The van der Waals surface area contributed by atoms with Gasteiger partial charge in [0.15, 0.2) is 0 Å². The molecule has 0 radical (unpaired) electrons. The van der Waals surface area contributed by atoms with E-state index in [9.17, 15) is 0 Å². The molecule has 2 aromatic heterocycles. The van der Waals surface area contributed by atoms with Crippen LogP contribution in [0.1, 0.15) is 12.5 Å². The third-order valence-electron chi connectivity index (χ3n) is 4.06. The summed E-state index contributed by atoms with van der Waals surface area (Å²) in [4.78, 5) is 4.49. The topological polar surface area (TPSA) is 52.8 Å². The molecular formula is C20H17ClN4O. The van der Waals surface area contributed by atoms with Gasteiger partial charge in [0, 0.05) is 16.5 Å². The first-order valence-corrected chi connectivity index (χ1v) is 8.78. The molecular weight excluding hydrogens is 348 g/mol. The lowest BCUT2D eigenvalue weighted by molar-refractivity contribution is 0.340. The van der Waals surface area contributed by atoms with Crippen LogP contribution in [-0.4, -0.2) is 26.6 Å². The van der Waals surface area contributed by atoms with Crippen molar-refractivity contribution in [3.8, 4) is 17.0 Å². The van der Waals surface area contributed by atoms with Gasteiger partial charge in [0.2, 0.25) is 0 Å². The van der Waals surface area contributed by atoms with Crippen molar-refractivity contribution in [2.45, 2.75) is 13.5 Å². The average molecular weight is 365 g/mol. The second kappa shape index (κ2) is 7.14. The summed E-state index contributed by atoms with van der Waals surface area (Å²) in [6, 6.07) is 17.8. The Labute approximate surface area is 156 Å². The number of fused-ring (bicyclic) bond motifs is 1. The first-order chi connectivity index (χ1) is 12.7. The molecule has 2 aromatic carbocycles. The van der Waals surface area contributed by atoms with Crippen LogP contribution in [0, 0.1) is 0 Å². The second-order valence-corrected chi connectivity index (χ2v) is 6.25. The number of aromatic nitrogens is 4. The van der Waals surface area contributed by atoms with E-state index < -0.39 is 0 Å². The molecule has 0 bridgehead atoms. The van der Waals surface area contributed by atoms with Crippen LogP contribution in [0.2, 0.25) is 5.15 Å². The molecule has 0 saturated carbocycles. The summed E-state index contributed by atoms with van der Waals surface area (Å²) in [7, 11) is 0. The molecule has 26 heavy (non-hydrogen) atoms. The minimum atomic E-state index is 0.471. The quantitative estimate of drug-likeness (QED) is 0.486. The van der Waals surface area contributed by atoms with E-state index in [1.54, 1.807) is 4.68 Å². The zero-order valence-corrected chi connectivity index (χ0v) is 15.0. The second-order valence-electron chi connectivity index (χ2n) is 5.89. The molecule has 0 aliphatic heterocycles. The van der Waals surface area contributed by atoms with Gasteiger partial charge in [-0.15, -0.1) is 5.10 Å². The Bertz CT molecular complexity index is 1050. The van der Waals surface area contributed by atoms with Crippen molar-refractivity contribution in [3.63, 3.8) is 0 Å². The number of hydrogen-bond donors (Lipinski definition) is 0. The van der Waals surface area contributed by atoms with Crippen molar-refractivity contribution in [2.24, 2.45) is 0 Å². The van der Waals surface area contributed by atoms with E-state index in [-0.39, 0.29) is 0 Å². The molecule has 6 heteroatoms. The van der Waals surface area contributed by atoms with Crippen LogP contribution in [0.5, 0.6) is 5.75 Å². The normalized spacial score (nSPS) is 11.0. The van der Waals surface area contributed by atoms with Crippen LogP contribution >= 0.6 is 11.6 Å². The maximum atomic E-state index is 6.37. The Morgan fingerprint density at radius 1 is 1.08 bits per heavy atom. The molecule has 0 N–H and O–H groups in total. The highest BCUT2D eigenvalue weighted by Gasteiger charge is 2.09. The van der Waals surface area contributed by atoms with Gasteiger partial charge in [0.05, 0.1) is 24.9 Å². The van der Waals surface area contributed by atoms with E-state index in [1.807, 2.05) is 67.7 Å². The largest absolute Gasteiger partial charge is 0.494 e. The lowest BCUT2D eigenvalue weighted by Crippen LogP contribution is -2.02. The standard InChI is InChI=1S/C20H17ClN4O/c1-2-26-17-8-9-18-15(11-17)10-16(20(21)22-18)12-25-13-19(23-24-25)14-6-4-3-5-7-14/h3-11,13H,2,12H2,1H3. The monoisotopic (exact) mass is 364 g/mol. The van der Waals surface area contributed by atoms with Crippen LogP contribution in [0.15, 0.2) is 60.8 Å². The number of benzene rings is 2. The molecule has 0 spiro atoms. The minimum absolute atomic E-state index is 0.471. The maximum absolute atomic E-state index is 6.37. The number of rotatable bonds is 5. The van der Waals surface area contributed by atoms with Gasteiger partial charge < -0.3 is 4.74 Å². The van der Waals surface area contributed by atoms with Crippen molar-refractivity contribution in [1.29, 1.82) is 0 Å². The molecule has 2 heterocycles. The van der Waals surface area contributed by atoms with Gasteiger partial charge in [-0.2, -0.15) is 0 Å². The number of halogens is 1. The van der Waals surface area contributed by atoms with Crippen LogP contribution < -0.4 is 4.74 Å². The molecule has 0 atom stereocenters. The van der Waals surface area contributed by atoms with Gasteiger partial charge in [-0.1, -0.05) is 47.1 Å². The van der Waals surface area contributed by atoms with Crippen molar-refractivity contribution < 1.29 is 4.74 Å². The van der Waals surface area contributed by atoms with E-state index in [1.165, 1.54) is 0 Å². The van der Waals surface area contributed by atoms with E-state index in [0.29, 0.717) is 18.3 Å². The first-order valence-electron chi connectivity index (χ1n) is 8.40. The smallest absolute Gasteiger partial charge is 0.134 e. The van der Waals surface area contributed by atoms with Crippen molar-refractivity contribution in [2.75, 3.05) is 6.61 Å². The Morgan fingerprint density at radius 3 is 2.73 bits per heavy atom. The molecule has 0 amide bonds. The molecule has 0 aliphatic carbocycles. The summed E-state index contributed by atoms with van der Waals surface area (Å²) in [5, 5.41) is 9.91. The molecule has 130 valence electrons. The van der Waals surface area contributed by atoms with Crippen molar-refractivity contribution >= 4 is 22.5 Å². The minimum Gasteiger partial charge on any atom is -0.494 e. The summed E-state index contributed by atoms with van der Waals surface area (Å²) < 4.78 is 7.33. The van der Waals surface area contributed by atoms with Gasteiger partial charge in [-0.25, -0.2) is 9.67 Å². The highest BCUT2D eigenvalue weighted by atomic mass is 35.5. The van der Waals surface area contributed by atoms with Crippen LogP contribution in [0.4, 0.5) is 0 Å². The fraction of sp³-hybridized carbons (Fsp3) is 0.150. The van der Waals surface area contributed by atoms with Gasteiger partial charge in [-0.3, -0.25) is 0 Å². The van der Waals surface area contributed by atoms with Crippen LogP contribution in [0.25, 0.3) is 22.2 Å². The van der Waals surface area contributed by atoms with E-state index in [2.05, 4.69) is 15.3 Å². The average Bonchev–Trinajstić information content (AvgIpc) is 3.12. The van der Waals surface area contributed by atoms with Gasteiger partial charge in [-0.05, 0) is 31.2 Å². The predicted octanol–water partition coefficient (Wildman–Crippen LogP) is 4.59. The van der Waals surface area contributed by atoms with Gasteiger partial charge >= 0.3 is 0 Å². The predicted molar refractivity (Wildman–Crippen MR) is 102 cm³/mol. The molecule has 5 nitrogen and oxygen atoms in total. The van der Waals surface area contributed by atoms with E-state index >= 15 is 0 Å². The fourth-order valence-electron chi connectivity index (χ4n) is 2.83. The summed E-state index contributed by atoms with van der Waals surface area (Å²) in [5.41, 5.74) is 3.58. The van der Waals surface area contributed by atoms with E-state index in [0.717, 1.165) is 33.5 Å². The fourth-order valence-corrected chi connectivity index (χ4v) is 3.04. The molecule has 0 aliphatic rings. The number of hydrogen-bond acceptors (Lipinski definition) is 4. The third kappa shape index (κ3) is 3.39. The molecule has 0 fully saturated rings. The van der Waals surface area contributed by atoms with Crippen LogP contribution in [0.3, 0.4) is 0 Å². The van der Waals surface area contributed by atoms with Crippen molar-refractivity contribution in [3.05, 3.63) is 71.5 Å². The SMILES string of the molecule is CCOc1ccc2nc(Cl)c(Cn3cc(-c4ccccc4)nn3)cc2c1. The Kier molecular flexibility index (Phi) is 4.54. The van der Waals surface area contributed by atoms with Gasteiger partial charge in [0.1, 0.15) is 16.6 Å². The summed E-state index contributed by atoms with van der Waals surface area (Å²) in [6.07, 6.45) is 1.91. The lowest BCUT2D eigenvalue weighted by atomic mass is 10.1. The van der Waals surface area contributed by atoms with Crippen molar-refractivity contribution in [1.82, 2.24) is 20.0 Å². The molecule has 4 rings (SSSR count). The highest BCUT2D eigenvalue weighted by Crippen LogP contribution is 2.25. The third-order valence-corrected chi connectivity index (χ3v) is 4.39. The van der Waals surface area contributed by atoms with Gasteiger partial charge in [0.25, 0.3) is 0 Å². The van der Waals surface area contributed by atoms with Crippen LogP contribution in [-0.2, 0) is 6.54 Å². The summed E-state index contributed by atoms with van der Waals surface area (Å²) >= 11 is 6.37. The number of nitrogens with zero attached hydrogens (tertiary/aromatic N) is 4. The molecule has 4 aromatic rings. The summed E-state index contributed by atoms with van der Waals surface area (Å²) in [5.74, 6) is 0.821. The zero-order valence-electron chi connectivity index (χ0n) is 14.3. The Balaban J connectivity index is 1.64. The first kappa shape index (κ1) is 16.5. The summed E-state index contributed by atoms with van der Waals surface area (Å²) in [6.45, 7) is 3.09. The van der Waals surface area contributed by atoms with E-state index in [4.69, 9.17) is 16.3 Å². The maximum Gasteiger partial charge on any atom is 0.134 e. The Morgan fingerprint density at radius 2 is 1.92 bits per heavy atom. The molecule has 0 saturated heterocycles. The Hall–Kier alpha value is -2.92. The highest BCUT2D eigenvalue weighted by molar-refractivity contribution is 6.30. The lowest BCUT2D eigenvalue weighted by Gasteiger charge is -2.08. The number of ether oxygens (including phenoxy) is 1. The number of pyridine rings is 1.